The van der Waals surface area contributed by atoms with Gasteiger partial charge in [0.1, 0.15) is 5.65 Å². The molecule has 0 aliphatic rings. The van der Waals surface area contributed by atoms with Gasteiger partial charge < -0.3 is 9.73 Å². The van der Waals surface area contributed by atoms with Gasteiger partial charge in [0.15, 0.2) is 5.76 Å². The number of hydrogen-bond donors (Lipinski definition) is 2. The molecule has 0 spiro atoms. The summed E-state index contributed by atoms with van der Waals surface area (Å²) in [5, 5.41) is 2.23. The molecule has 0 aromatic carbocycles. The molecule has 3 aromatic rings. The molecule has 11 nitrogen and oxygen atoms in total. The number of nitrogens with zero attached hydrogens (tertiary/aromatic N) is 3. The molecular weight excluding hydrogens is 414 g/mol. The predicted octanol–water partition coefficient (Wildman–Crippen LogP) is 0.554. The van der Waals surface area contributed by atoms with E-state index in [4.69, 9.17) is 4.42 Å². The van der Waals surface area contributed by atoms with Gasteiger partial charge in [-0.2, -0.15) is 0 Å². The topological polar surface area (TPSA) is 145 Å². The molecule has 12 heteroatoms. The fourth-order valence-electron chi connectivity index (χ4n) is 2.77. The summed E-state index contributed by atoms with van der Waals surface area (Å²) >= 11 is 0. The van der Waals surface area contributed by atoms with Crippen LogP contribution in [0.5, 0.6) is 0 Å². The van der Waals surface area contributed by atoms with Crippen LogP contribution >= 0.6 is 0 Å². The Labute approximate surface area is 171 Å². The first-order chi connectivity index (χ1) is 13.8. The molecule has 30 heavy (non-hydrogen) atoms. The fraction of sp³-hybridized carbons (Fsp3) is 0.333. The van der Waals surface area contributed by atoms with Gasteiger partial charge in [-0.05, 0) is 39.0 Å². The van der Waals surface area contributed by atoms with Crippen molar-refractivity contribution in [1.29, 1.82) is 0 Å². The molecule has 0 atom stereocenters. The lowest BCUT2D eigenvalue weighted by Crippen LogP contribution is -2.40. The van der Waals surface area contributed by atoms with E-state index in [1.165, 1.54) is 43.1 Å². The number of nitrogens with one attached hydrogen (secondary N) is 2. The van der Waals surface area contributed by atoms with Gasteiger partial charge >= 0.3 is 5.69 Å². The van der Waals surface area contributed by atoms with Crippen molar-refractivity contribution < 1.29 is 17.6 Å². The molecule has 160 valence electrons. The van der Waals surface area contributed by atoms with Gasteiger partial charge in [-0.3, -0.25) is 18.7 Å². The van der Waals surface area contributed by atoms with E-state index in [1.807, 2.05) is 0 Å². The number of fused-ring (bicyclic) bond motifs is 1. The van der Waals surface area contributed by atoms with Crippen LogP contribution in [0, 0.1) is 0 Å². The maximum absolute atomic E-state index is 12.5. The second-order valence-corrected chi connectivity index (χ2v) is 9.34. The lowest BCUT2D eigenvalue weighted by atomic mass is 10.1. The smallest absolute Gasteiger partial charge is 0.332 e. The zero-order valence-corrected chi connectivity index (χ0v) is 17.8. The SMILES string of the molecule is Cn1c(=O)c2cc(NC(=O)c3ccc(S(=O)(=O)NC(C)(C)C)o3)cnc2n(C)c1=O. The summed E-state index contributed by atoms with van der Waals surface area (Å²) in [7, 11) is -1.12. The van der Waals surface area contributed by atoms with Crippen LogP contribution in [-0.4, -0.2) is 34.0 Å². The third-order valence-electron chi connectivity index (χ3n) is 4.06. The van der Waals surface area contributed by atoms with Gasteiger partial charge in [0.2, 0.25) is 5.09 Å². The van der Waals surface area contributed by atoms with Gasteiger partial charge in [-0.15, -0.1) is 0 Å². The minimum Gasteiger partial charge on any atom is -0.438 e. The van der Waals surface area contributed by atoms with Crippen molar-refractivity contribution in [3.8, 4) is 0 Å². The molecule has 0 radical (unpaired) electrons. The van der Waals surface area contributed by atoms with Crippen molar-refractivity contribution in [1.82, 2.24) is 18.8 Å². The lowest BCUT2D eigenvalue weighted by molar-refractivity contribution is 0.0991. The van der Waals surface area contributed by atoms with Crippen LogP contribution in [0.25, 0.3) is 11.0 Å². The summed E-state index contributed by atoms with van der Waals surface area (Å²) in [6.45, 7) is 5.02. The number of anilines is 1. The number of hydrogen-bond acceptors (Lipinski definition) is 7. The molecule has 0 saturated carbocycles. The zero-order chi connectivity index (χ0) is 22.4. The molecule has 0 saturated heterocycles. The Bertz CT molecular complexity index is 1370. The van der Waals surface area contributed by atoms with Crippen molar-refractivity contribution in [3.05, 3.63) is 51.0 Å². The molecule has 0 aliphatic heterocycles. The molecule has 3 rings (SSSR count). The Kier molecular flexibility index (Phi) is 5.16. The first-order valence-electron chi connectivity index (χ1n) is 8.81. The van der Waals surface area contributed by atoms with E-state index in [9.17, 15) is 22.8 Å². The highest BCUT2D eigenvalue weighted by Crippen LogP contribution is 2.18. The number of carbonyl (C=O) groups is 1. The number of rotatable bonds is 4. The quantitative estimate of drug-likeness (QED) is 0.609. The average molecular weight is 435 g/mol. The highest BCUT2D eigenvalue weighted by Gasteiger charge is 2.26. The summed E-state index contributed by atoms with van der Waals surface area (Å²) < 4.78 is 34.4. The maximum Gasteiger partial charge on any atom is 0.332 e. The first-order valence-corrected chi connectivity index (χ1v) is 10.3. The summed E-state index contributed by atoms with van der Waals surface area (Å²) in [5.41, 5.74) is -1.46. The number of aryl methyl sites for hydroxylation is 1. The number of furan rings is 1. The molecule has 0 bridgehead atoms. The standard InChI is InChI=1S/C18H21N5O6S/c1-18(2,3)21-30(27,28)13-7-6-12(29-13)15(24)20-10-8-11-14(19-9-10)22(4)17(26)23(5)16(11)25/h6-9,21H,1-5H3,(H,20,24). The number of sulfonamides is 1. The van der Waals surface area contributed by atoms with Crippen LogP contribution in [0.3, 0.4) is 0 Å². The Balaban J connectivity index is 1.90. The van der Waals surface area contributed by atoms with E-state index in [2.05, 4.69) is 15.0 Å². The Morgan fingerprint density at radius 3 is 2.43 bits per heavy atom. The van der Waals surface area contributed by atoms with Crippen molar-refractivity contribution in [2.75, 3.05) is 5.32 Å². The lowest BCUT2D eigenvalue weighted by Gasteiger charge is -2.18. The van der Waals surface area contributed by atoms with E-state index < -0.39 is 37.8 Å². The summed E-state index contributed by atoms with van der Waals surface area (Å²) in [5.74, 6) is -0.965. The molecule has 3 aromatic heterocycles. The van der Waals surface area contributed by atoms with Gasteiger partial charge in [-0.1, -0.05) is 0 Å². The van der Waals surface area contributed by atoms with E-state index in [0.29, 0.717) is 0 Å². The van der Waals surface area contributed by atoms with Crippen LogP contribution in [-0.2, 0) is 24.1 Å². The van der Waals surface area contributed by atoms with Crippen LogP contribution in [0.1, 0.15) is 31.3 Å². The summed E-state index contributed by atoms with van der Waals surface area (Å²) in [4.78, 5) is 40.8. The monoisotopic (exact) mass is 435 g/mol. The van der Waals surface area contributed by atoms with Crippen molar-refractivity contribution in [2.24, 2.45) is 14.1 Å². The Morgan fingerprint density at radius 2 is 1.80 bits per heavy atom. The number of aromatic nitrogens is 3. The first kappa shape index (κ1) is 21.5. The summed E-state index contributed by atoms with van der Waals surface area (Å²) in [6.07, 6.45) is 1.28. The van der Waals surface area contributed by atoms with Crippen LogP contribution < -0.4 is 21.3 Å². The molecule has 0 aliphatic carbocycles. The molecule has 2 N–H and O–H groups in total. The second-order valence-electron chi connectivity index (χ2n) is 7.73. The normalized spacial score (nSPS) is 12.3. The largest absolute Gasteiger partial charge is 0.438 e. The van der Waals surface area contributed by atoms with Gasteiger partial charge in [0, 0.05) is 19.6 Å². The highest BCUT2D eigenvalue weighted by molar-refractivity contribution is 7.89. The minimum absolute atomic E-state index is 0.134. The molecule has 0 unspecified atom stereocenters. The van der Waals surface area contributed by atoms with Gasteiger partial charge in [-0.25, -0.2) is 22.9 Å². The number of amides is 1. The van der Waals surface area contributed by atoms with Crippen LogP contribution in [0.15, 0.2) is 43.5 Å². The number of pyridine rings is 1. The van der Waals surface area contributed by atoms with Crippen molar-refractivity contribution in [2.45, 2.75) is 31.4 Å². The fourth-order valence-corrected chi connectivity index (χ4v) is 4.12. The molecule has 0 fully saturated rings. The van der Waals surface area contributed by atoms with E-state index in [-0.39, 0.29) is 22.5 Å². The molecule has 3 heterocycles. The third kappa shape index (κ3) is 4.04. The summed E-state index contributed by atoms with van der Waals surface area (Å²) in [6, 6.07) is 3.78. The van der Waals surface area contributed by atoms with E-state index in [0.717, 1.165) is 4.57 Å². The van der Waals surface area contributed by atoms with E-state index in [1.54, 1.807) is 20.8 Å². The second kappa shape index (κ2) is 7.22. The maximum atomic E-state index is 12.5. The number of carbonyl (C=O) groups excluding carboxylic acids is 1. The predicted molar refractivity (Wildman–Crippen MR) is 109 cm³/mol. The van der Waals surface area contributed by atoms with Crippen LogP contribution in [0.4, 0.5) is 5.69 Å². The molecule has 1 amide bonds. The third-order valence-corrected chi connectivity index (χ3v) is 5.69. The van der Waals surface area contributed by atoms with Crippen molar-refractivity contribution in [3.63, 3.8) is 0 Å². The van der Waals surface area contributed by atoms with Crippen LogP contribution in [0.2, 0.25) is 0 Å². The average Bonchev–Trinajstić information content (AvgIpc) is 3.14. The zero-order valence-electron chi connectivity index (χ0n) is 17.0. The Morgan fingerprint density at radius 1 is 1.13 bits per heavy atom. The minimum atomic E-state index is -3.94. The highest BCUT2D eigenvalue weighted by atomic mass is 32.2. The van der Waals surface area contributed by atoms with E-state index >= 15 is 0 Å². The van der Waals surface area contributed by atoms with Crippen molar-refractivity contribution >= 4 is 32.7 Å². The van der Waals surface area contributed by atoms with Gasteiger partial charge in [0.25, 0.3) is 21.5 Å². The molecular formula is C18H21N5O6S. The Hall–Kier alpha value is -3.25. The van der Waals surface area contributed by atoms with Gasteiger partial charge in [0.05, 0.1) is 17.3 Å².